The summed E-state index contributed by atoms with van der Waals surface area (Å²) in [4.78, 5) is 21.0. The Labute approximate surface area is 161 Å². The molecule has 2 atom stereocenters. The number of nitrogens with one attached hydrogen (secondary N) is 1. The van der Waals surface area contributed by atoms with Gasteiger partial charge < -0.3 is 19.9 Å². The molecule has 1 amide bonds. The predicted molar refractivity (Wildman–Crippen MR) is 108 cm³/mol. The van der Waals surface area contributed by atoms with Crippen LogP contribution < -0.4 is 0 Å². The first-order chi connectivity index (χ1) is 13.2. The number of likely N-dealkylation sites (tertiary alicyclic amines) is 2. The third kappa shape index (κ3) is 3.39. The minimum atomic E-state index is -0.0969. The molecule has 2 saturated heterocycles. The number of nitrogens with zero attached hydrogens (tertiary/aromatic N) is 2. The van der Waals surface area contributed by atoms with Gasteiger partial charge in [-0.25, -0.2) is 0 Å². The lowest BCUT2D eigenvalue weighted by Crippen LogP contribution is -2.63. The van der Waals surface area contributed by atoms with Crippen LogP contribution in [-0.2, 0) is 11.2 Å². The zero-order valence-electron chi connectivity index (χ0n) is 16.3. The minimum Gasteiger partial charge on any atom is -0.396 e. The molecule has 0 aliphatic carbocycles. The smallest absolute Gasteiger partial charge is 0.223 e. The number of amides is 1. The van der Waals surface area contributed by atoms with Gasteiger partial charge >= 0.3 is 0 Å². The molecule has 0 bridgehead atoms. The Morgan fingerprint density at radius 2 is 2.15 bits per heavy atom. The number of carbonyl (C=O) groups is 1. The molecule has 5 nitrogen and oxygen atoms in total. The van der Waals surface area contributed by atoms with Crippen molar-refractivity contribution >= 4 is 16.8 Å². The van der Waals surface area contributed by atoms with E-state index in [0.717, 1.165) is 57.4 Å². The molecule has 2 aliphatic heterocycles. The van der Waals surface area contributed by atoms with Crippen LogP contribution in [0.2, 0.25) is 0 Å². The lowest BCUT2D eigenvalue weighted by molar-refractivity contribution is -0.146. The van der Waals surface area contributed by atoms with Crippen LogP contribution in [0.15, 0.2) is 30.5 Å². The van der Waals surface area contributed by atoms with E-state index in [0.29, 0.717) is 6.42 Å². The van der Waals surface area contributed by atoms with Gasteiger partial charge in [0.1, 0.15) is 0 Å². The summed E-state index contributed by atoms with van der Waals surface area (Å²) >= 11 is 0. The van der Waals surface area contributed by atoms with Crippen LogP contribution in [-0.4, -0.2) is 64.6 Å². The summed E-state index contributed by atoms with van der Waals surface area (Å²) in [5.41, 5.74) is 2.24. The Kier molecular flexibility index (Phi) is 5.24. The number of hydrogen-bond acceptors (Lipinski definition) is 3. The van der Waals surface area contributed by atoms with Gasteiger partial charge in [0.05, 0.1) is 12.6 Å². The minimum absolute atomic E-state index is 0.0969. The van der Waals surface area contributed by atoms with Gasteiger partial charge in [-0.2, -0.15) is 0 Å². The van der Waals surface area contributed by atoms with E-state index in [1.165, 1.54) is 10.9 Å². The quantitative estimate of drug-likeness (QED) is 0.852. The van der Waals surface area contributed by atoms with Gasteiger partial charge in [0.2, 0.25) is 5.91 Å². The molecule has 5 heteroatoms. The molecule has 146 valence electrons. The second kappa shape index (κ2) is 7.64. The number of aryl methyl sites for hydroxylation is 1. The fourth-order valence-corrected chi connectivity index (χ4v) is 5.13. The first kappa shape index (κ1) is 18.5. The molecule has 0 spiro atoms. The fourth-order valence-electron chi connectivity index (χ4n) is 5.13. The number of H-pyrrole nitrogens is 1. The van der Waals surface area contributed by atoms with Crippen LogP contribution in [0.25, 0.3) is 10.9 Å². The van der Waals surface area contributed by atoms with Crippen molar-refractivity contribution in [1.82, 2.24) is 14.8 Å². The summed E-state index contributed by atoms with van der Waals surface area (Å²) in [5.74, 6) is 0.237. The van der Waals surface area contributed by atoms with E-state index in [1.807, 2.05) is 18.3 Å². The second-order valence-electron chi connectivity index (χ2n) is 8.23. The molecule has 2 N–H and O–H groups in total. The Bertz CT molecular complexity index is 802. The van der Waals surface area contributed by atoms with Crippen LogP contribution in [0.4, 0.5) is 0 Å². The number of aromatic amines is 1. The monoisotopic (exact) mass is 369 g/mol. The Morgan fingerprint density at radius 3 is 2.96 bits per heavy atom. The van der Waals surface area contributed by atoms with Gasteiger partial charge in [-0.1, -0.05) is 25.1 Å². The third-order valence-corrected chi connectivity index (χ3v) is 6.88. The highest BCUT2D eigenvalue weighted by Crippen LogP contribution is 2.42. The van der Waals surface area contributed by atoms with Gasteiger partial charge in [0.25, 0.3) is 0 Å². The van der Waals surface area contributed by atoms with Gasteiger partial charge in [0, 0.05) is 42.0 Å². The average Bonchev–Trinajstić information content (AvgIpc) is 3.14. The molecule has 2 aliphatic rings. The molecule has 27 heavy (non-hydrogen) atoms. The van der Waals surface area contributed by atoms with Crippen molar-refractivity contribution in [2.45, 2.75) is 45.1 Å². The van der Waals surface area contributed by atoms with Gasteiger partial charge in [0.15, 0.2) is 0 Å². The van der Waals surface area contributed by atoms with Crippen molar-refractivity contribution in [2.24, 2.45) is 5.41 Å². The van der Waals surface area contributed by atoms with Crippen molar-refractivity contribution in [3.8, 4) is 0 Å². The summed E-state index contributed by atoms with van der Waals surface area (Å²) < 4.78 is 0. The highest BCUT2D eigenvalue weighted by Gasteiger charge is 2.48. The summed E-state index contributed by atoms with van der Waals surface area (Å²) in [7, 11) is 0. The number of para-hydroxylation sites is 1. The Hall–Kier alpha value is -1.85. The maximum atomic E-state index is 13.2. The number of hydrogen-bond donors (Lipinski definition) is 2. The normalized spacial score (nSPS) is 26.3. The van der Waals surface area contributed by atoms with Gasteiger partial charge in [-0.3, -0.25) is 4.79 Å². The molecule has 1 aromatic carbocycles. The van der Waals surface area contributed by atoms with Crippen LogP contribution in [0.1, 0.15) is 38.2 Å². The number of aliphatic hydroxyl groups excluding tert-OH is 1. The number of aromatic nitrogens is 1. The SMILES string of the molecule is CCN1CC[C@@]2(CO)CCCN(C(=O)CCc3c[nH]c4ccccc34)[C@@H]2C1. The highest BCUT2D eigenvalue weighted by atomic mass is 16.3. The van der Waals surface area contributed by atoms with Crippen molar-refractivity contribution in [3.63, 3.8) is 0 Å². The fraction of sp³-hybridized carbons (Fsp3) is 0.591. The topological polar surface area (TPSA) is 59.6 Å². The third-order valence-electron chi connectivity index (χ3n) is 6.88. The van der Waals surface area contributed by atoms with E-state index in [-0.39, 0.29) is 24.0 Å². The Balaban J connectivity index is 1.48. The van der Waals surface area contributed by atoms with Crippen LogP contribution in [0.3, 0.4) is 0 Å². The number of likely N-dealkylation sites (N-methyl/N-ethyl adjacent to an activating group) is 1. The predicted octanol–water partition coefficient (Wildman–Crippen LogP) is 2.80. The number of carbonyl (C=O) groups excluding carboxylic acids is 1. The summed E-state index contributed by atoms with van der Waals surface area (Å²) in [6.45, 7) is 6.15. The zero-order valence-corrected chi connectivity index (χ0v) is 16.3. The summed E-state index contributed by atoms with van der Waals surface area (Å²) in [6.07, 6.45) is 6.36. The van der Waals surface area contributed by atoms with Gasteiger partial charge in [-0.15, -0.1) is 0 Å². The van der Waals surface area contributed by atoms with Crippen LogP contribution in [0.5, 0.6) is 0 Å². The lowest BCUT2D eigenvalue weighted by Gasteiger charge is -2.54. The molecule has 0 radical (unpaired) electrons. The van der Waals surface area contributed by atoms with E-state index in [9.17, 15) is 9.90 Å². The van der Waals surface area contributed by atoms with Crippen LogP contribution >= 0.6 is 0 Å². The van der Waals surface area contributed by atoms with Crippen molar-refractivity contribution < 1.29 is 9.90 Å². The van der Waals surface area contributed by atoms with E-state index >= 15 is 0 Å². The first-order valence-electron chi connectivity index (χ1n) is 10.3. The van der Waals surface area contributed by atoms with Crippen LogP contribution in [0, 0.1) is 5.41 Å². The van der Waals surface area contributed by atoms with E-state index in [1.54, 1.807) is 0 Å². The molecule has 0 unspecified atom stereocenters. The lowest BCUT2D eigenvalue weighted by atomic mass is 9.69. The largest absolute Gasteiger partial charge is 0.396 e. The molecule has 1 aromatic heterocycles. The molecule has 3 heterocycles. The maximum absolute atomic E-state index is 13.2. The molecular formula is C22H31N3O2. The van der Waals surface area contributed by atoms with Crippen molar-refractivity contribution in [3.05, 3.63) is 36.0 Å². The standard InChI is InChI=1S/C22H31N3O2/c1-2-24-13-11-22(16-26)10-5-12-25(20(22)15-24)21(27)9-8-17-14-23-19-7-4-3-6-18(17)19/h3-4,6-7,14,20,23,26H,2,5,8-13,15-16H2,1H3/t20-,22-/m1/s1. The summed E-state index contributed by atoms with van der Waals surface area (Å²) in [5, 5.41) is 11.4. The number of benzene rings is 1. The molecule has 4 rings (SSSR count). The summed E-state index contributed by atoms with van der Waals surface area (Å²) in [6, 6.07) is 8.41. The number of rotatable bonds is 5. The maximum Gasteiger partial charge on any atom is 0.223 e. The van der Waals surface area contributed by atoms with Crippen molar-refractivity contribution in [2.75, 3.05) is 32.8 Å². The second-order valence-corrected chi connectivity index (χ2v) is 8.23. The molecular weight excluding hydrogens is 338 g/mol. The van der Waals surface area contributed by atoms with E-state index < -0.39 is 0 Å². The van der Waals surface area contributed by atoms with Gasteiger partial charge in [-0.05, 0) is 50.4 Å². The number of aliphatic hydroxyl groups is 1. The molecule has 2 fully saturated rings. The highest BCUT2D eigenvalue weighted by molar-refractivity contribution is 5.84. The van der Waals surface area contributed by atoms with Crippen molar-refractivity contribution in [1.29, 1.82) is 0 Å². The van der Waals surface area contributed by atoms with E-state index in [4.69, 9.17) is 0 Å². The zero-order chi connectivity index (χ0) is 18.9. The van der Waals surface area contributed by atoms with E-state index in [2.05, 4.69) is 33.8 Å². The Morgan fingerprint density at radius 1 is 1.30 bits per heavy atom. The molecule has 0 saturated carbocycles. The number of piperidine rings is 2. The first-order valence-corrected chi connectivity index (χ1v) is 10.3. The average molecular weight is 370 g/mol. The number of fused-ring (bicyclic) bond motifs is 2. The molecule has 2 aromatic rings.